The van der Waals surface area contributed by atoms with Crippen molar-refractivity contribution >= 4 is 23.5 Å². The summed E-state index contributed by atoms with van der Waals surface area (Å²) in [4.78, 5) is 26.5. The van der Waals surface area contributed by atoms with Crippen LogP contribution in [0.3, 0.4) is 0 Å². The summed E-state index contributed by atoms with van der Waals surface area (Å²) in [5, 5.41) is 13.7. The van der Waals surface area contributed by atoms with Gasteiger partial charge in [0.15, 0.2) is 0 Å². The van der Waals surface area contributed by atoms with Crippen LogP contribution in [-0.2, 0) is 0 Å². The minimum Gasteiger partial charge on any atom is -0.478 e. The number of amides is 2. The van der Waals surface area contributed by atoms with E-state index < -0.39 is 17.8 Å². The van der Waals surface area contributed by atoms with Crippen LogP contribution in [0.2, 0.25) is 0 Å². The number of anilines is 2. The average molecular weight is 275 g/mol. The maximum Gasteiger partial charge on any atom is 0.337 e. The lowest BCUT2D eigenvalue weighted by molar-refractivity contribution is 0.0697. The zero-order valence-corrected chi connectivity index (χ0v) is 10.1. The van der Waals surface area contributed by atoms with Crippen LogP contribution in [0.15, 0.2) is 42.6 Å². The highest BCUT2D eigenvalue weighted by atomic mass is 19.1. The van der Waals surface area contributed by atoms with Gasteiger partial charge < -0.3 is 10.4 Å². The molecule has 2 amide bonds. The van der Waals surface area contributed by atoms with E-state index in [1.165, 1.54) is 12.3 Å². The third-order valence-corrected chi connectivity index (χ3v) is 2.37. The van der Waals surface area contributed by atoms with E-state index in [4.69, 9.17) is 5.11 Å². The summed E-state index contributed by atoms with van der Waals surface area (Å²) < 4.78 is 13.0. The highest BCUT2D eigenvalue weighted by molar-refractivity contribution is 6.04. The van der Waals surface area contributed by atoms with Gasteiger partial charge in [-0.1, -0.05) is 6.07 Å². The van der Waals surface area contributed by atoms with Gasteiger partial charge in [-0.2, -0.15) is 0 Å². The van der Waals surface area contributed by atoms with E-state index in [9.17, 15) is 14.0 Å². The van der Waals surface area contributed by atoms with Gasteiger partial charge >= 0.3 is 12.0 Å². The van der Waals surface area contributed by atoms with Crippen molar-refractivity contribution in [1.82, 2.24) is 4.98 Å². The van der Waals surface area contributed by atoms with E-state index in [2.05, 4.69) is 15.6 Å². The summed E-state index contributed by atoms with van der Waals surface area (Å²) in [5.74, 6) is -1.72. The zero-order valence-electron chi connectivity index (χ0n) is 10.1. The SMILES string of the molecule is O=C(Nc1ccccn1)Nc1ccc(F)cc1C(=O)O. The monoisotopic (exact) mass is 275 g/mol. The Morgan fingerprint density at radius 2 is 1.95 bits per heavy atom. The van der Waals surface area contributed by atoms with Crippen LogP contribution in [0, 0.1) is 5.82 Å². The van der Waals surface area contributed by atoms with Crippen LogP contribution in [0.4, 0.5) is 20.7 Å². The Labute approximate surface area is 113 Å². The molecule has 1 aromatic heterocycles. The Kier molecular flexibility index (Phi) is 3.90. The van der Waals surface area contributed by atoms with Gasteiger partial charge in [0.2, 0.25) is 0 Å². The topological polar surface area (TPSA) is 91.3 Å². The third kappa shape index (κ3) is 3.29. The number of halogens is 1. The average Bonchev–Trinajstić information content (AvgIpc) is 2.41. The van der Waals surface area contributed by atoms with E-state index in [1.54, 1.807) is 18.2 Å². The Bertz CT molecular complexity index is 647. The van der Waals surface area contributed by atoms with Crippen molar-refractivity contribution in [3.63, 3.8) is 0 Å². The number of hydrogen-bond acceptors (Lipinski definition) is 3. The summed E-state index contributed by atoms with van der Waals surface area (Å²) in [5.41, 5.74) is -0.339. The smallest absolute Gasteiger partial charge is 0.337 e. The molecule has 2 aromatic rings. The molecule has 0 unspecified atom stereocenters. The van der Waals surface area contributed by atoms with Crippen molar-refractivity contribution in [3.05, 3.63) is 54.0 Å². The fourth-order valence-corrected chi connectivity index (χ4v) is 1.51. The van der Waals surface area contributed by atoms with Gasteiger partial charge in [0, 0.05) is 6.20 Å². The minimum absolute atomic E-state index is 0.00710. The van der Waals surface area contributed by atoms with Crippen LogP contribution in [0.5, 0.6) is 0 Å². The third-order valence-electron chi connectivity index (χ3n) is 2.37. The summed E-state index contributed by atoms with van der Waals surface area (Å²) >= 11 is 0. The largest absolute Gasteiger partial charge is 0.478 e. The molecule has 0 atom stereocenters. The van der Waals surface area contributed by atoms with E-state index in [0.29, 0.717) is 5.82 Å². The Balaban J connectivity index is 2.14. The normalized spacial score (nSPS) is 9.85. The molecule has 0 radical (unpaired) electrons. The number of benzene rings is 1. The molecule has 3 N–H and O–H groups in total. The summed E-state index contributed by atoms with van der Waals surface area (Å²) in [6.07, 6.45) is 1.50. The molecule has 0 aliphatic rings. The molecule has 0 bridgehead atoms. The van der Waals surface area contributed by atoms with Gasteiger partial charge in [0.1, 0.15) is 11.6 Å². The molecule has 0 fully saturated rings. The van der Waals surface area contributed by atoms with Gasteiger partial charge in [-0.15, -0.1) is 0 Å². The van der Waals surface area contributed by atoms with Crippen molar-refractivity contribution in [3.8, 4) is 0 Å². The number of aromatic carboxylic acids is 1. The van der Waals surface area contributed by atoms with Gasteiger partial charge in [-0.05, 0) is 30.3 Å². The molecule has 0 aliphatic carbocycles. The summed E-state index contributed by atoms with van der Waals surface area (Å²) in [6, 6.07) is 7.34. The van der Waals surface area contributed by atoms with E-state index in [1.807, 2.05) is 0 Å². The second kappa shape index (κ2) is 5.79. The lowest BCUT2D eigenvalue weighted by Gasteiger charge is -2.09. The summed E-state index contributed by atoms with van der Waals surface area (Å²) in [7, 11) is 0. The standard InChI is InChI=1S/C13H10FN3O3/c14-8-4-5-10(9(7-8)12(18)19)16-13(20)17-11-3-1-2-6-15-11/h1-7H,(H,18,19)(H2,15,16,17,20). The number of urea groups is 1. The first-order chi connectivity index (χ1) is 9.56. The van der Waals surface area contributed by atoms with Crippen molar-refractivity contribution < 1.29 is 19.1 Å². The Hall–Kier alpha value is -2.96. The highest BCUT2D eigenvalue weighted by Crippen LogP contribution is 2.17. The number of rotatable bonds is 3. The summed E-state index contributed by atoms with van der Waals surface area (Å²) in [6.45, 7) is 0. The number of pyridine rings is 1. The number of nitrogens with one attached hydrogen (secondary N) is 2. The van der Waals surface area contributed by atoms with Crippen LogP contribution in [0.25, 0.3) is 0 Å². The highest BCUT2D eigenvalue weighted by Gasteiger charge is 2.13. The number of nitrogens with zero attached hydrogens (tertiary/aromatic N) is 1. The van der Waals surface area contributed by atoms with E-state index in [0.717, 1.165) is 12.1 Å². The molecule has 6 nitrogen and oxygen atoms in total. The molecule has 0 saturated carbocycles. The lowest BCUT2D eigenvalue weighted by Crippen LogP contribution is -2.21. The fraction of sp³-hybridized carbons (Fsp3) is 0. The van der Waals surface area contributed by atoms with Crippen LogP contribution < -0.4 is 10.6 Å². The zero-order chi connectivity index (χ0) is 14.5. The number of carboxylic acid groups (broad SMARTS) is 1. The van der Waals surface area contributed by atoms with Gasteiger partial charge in [-0.25, -0.2) is 19.0 Å². The first-order valence-corrected chi connectivity index (χ1v) is 5.58. The lowest BCUT2D eigenvalue weighted by atomic mass is 10.2. The molecule has 1 heterocycles. The maximum absolute atomic E-state index is 13.0. The predicted molar refractivity (Wildman–Crippen MR) is 70.2 cm³/mol. The second-order valence-electron chi connectivity index (χ2n) is 3.79. The molecule has 20 heavy (non-hydrogen) atoms. The Morgan fingerprint density at radius 3 is 2.60 bits per heavy atom. The van der Waals surface area contributed by atoms with E-state index >= 15 is 0 Å². The first-order valence-electron chi connectivity index (χ1n) is 5.58. The van der Waals surface area contributed by atoms with Gasteiger partial charge in [0.05, 0.1) is 11.3 Å². The van der Waals surface area contributed by atoms with Crippen LogP contribution in [0.1, 0.15) is 10.4 Å². The van der Waals surface area contributed by atoms with Crippen molar-refractivity contribution in [2.45, 2.75) is 0 Å². The fourth-order valence-electron chi connectivity index (χ4n) is 1.51. The van der Waals surface area contributed by atoms with Crippen molar-refractivity contribution in [2.24, 2.45) is 0 Å². The maximum atomic E-state index is 13.0. The number of carbonyl (C=O) groups is 2. The van der Waals surface area contributed by atoms with Gasteiger partial charge in [0.25, 0.3) is 0 Å². The Morgan fingerprint density at radius 1 is 1.15 bits per heavy atom. The predicted octanol–water partition coefficient (Wildman–Crippen LogP) is 2.56. The van der Waals surface area contributed by atoms with Crippen LogP contribution >= 0.6 is 0 Å². The molecule has 2 rings (SSSR count). The molecule has 0 aliphatic heterocycles. The van der Waals surface area contributed by atoms with Crippen molar-refractivity contribution in [1.29, 1.82) is 0 Å². The second-order valence-corrected chi connectivity index (χ2v) is 3.79. The number of carboxylic acids is 1. The number of hydrogen-bond donors (Lipinski definition) is 3. The van der Waals surface area contributed by atoms with Crippen molar-refractivity contribution in [2.75, 3.05) is 10.6 Å². The minimum atomic E-state index is -1.34. The van der Waals surface area contributed by atoms with Crippen LogP contribution in [-0.4, -0.2) is 22.1 Å². The van der Waals surface area contributed by atoms with E-state index in [-0.39, 0.29) is 11.3 Å². The molecule has 1 aromatic carbocycles. The molecule has 0 saturated heterocycles. The number of aromatic nitrogens is 1. The molecule has 102 valence electrons. The molecular weight excluding hydrogens is 265 g/mol. The first kappa shape index (κ1) is 13.5. The number of carbonyl (C=O) groups excluding carboxylic acids is 1. The quantitative estimate of drug-likeness (QED) is 0.802. The molecule has 0 spiro atoms. The van der Waals surface area contributed by atoms with Gasteiger partial charge in [-0.3, -0.25) is 5.32 Å². The molecular formula is C13H10FN3O3. The molecule has 7 heteroatoms.